The molecule has 0 bridgehead atoms. The van der Waals surface area contributed by atoms with Gasteiger partial charge in [0.1, 0.15) is 0 Å². The number of urea groups is 1. The number of β-amino-alcohol motifs (C(OH)–C–C–N with tert-alkyl or cyclic N) is 1. The number of amides is 2. The second-order valence-electron chi connectivity index (χ2n) is 7.36. The molecule has 5 nitrogen and oxygen atoms in total. The summed E-state index contributed by atoms with van der Waals surface area (Å²) in [6.45, 7) is 12.8. The van der Waals surface area contributed by atoms with Crippen molar-refractivity contribution in [3.8, 4) is 0 Å². The van der Waals surface area contributed by atoms with Gasteiger partial charge in [0, 0.05) is 24.7 Å². The Kier molecular flexibility index (Phi) is 6.94. The van der Waals surface area contributed by atoms with Gasteiger partial charge in [-0.05, 0) is 59.4 Å². The molecule has 0 aromatic carbocycles. The third-order valence-electron chi connectivity index (χ3n) is 4.04. The van der Waals surface area contributed by atoms with Gasteiger partial charge in [0.15, 0.2) is 0 Å². The predicted octanol–water partition coefficient (Wildman–Crippen LogP) is 1.96. The number of aliphatic hydroxyl groups excluding tert-OH is 1. The summed E-state index contributed by atoms with van der Waals surface area (Å²) < 4.78 is 0. The summed E-state index contributed by atoms with van der Waals surface area (Å²) in [6.07, 6.45) is 2.82. The van der Waals surface area contributed by atoms with Crippen LogP contribution in [0.1, 0.15) is 53.9 Å². The molecule has 0 radical (unpaired) electrons. The highest BCUT2D eigenvalue weighted by Gasteiger charge is 2.27. The van der Waals surface area contributed by atoms with Crippen molar-refractivity contribution in [1.82, 2.24) is 15.5 Å². The molecule has 2 amide bonds. The zero-order valence-electron chi connectivity index (χ0n) is 14.3. The summed E-state index contributed by atoms with van der Waals surface area (Å²) in [5, 5.41) is 15.8. The highest BCUT2D eigenvalue weighted by atomic mass is 16.3. The lowest BCUT2D eigenvalue weighted by Gasteiger charge is -2.37. The summed E-state index contributed by atoms with van der Waals surface area (Å²) in [6, 6.07) is 0.0506. The van der Waals surface area contributed by atoms with Gasteiger partial charge >= 0.3 is 6.03 Å². The number of hydrogen-bond donors (Lipinski definition) is 3. The van der Waals surface area contributed by atoms with Crippen LogP contribution in [0.15, 0.2) is 0 Å². The maximum absolute atomic E-state index is 11.9. The van der Waals surface area contributed by atoms with Crippen LogP contribution in [-0.4, -0.2) is 53.4 Å². The largest absolute Gasteiger partial charge is 0.392 e. The van der Waals surface area contributed by atoms with E-state index >= 15 is 0 Å². The lowest BCUT2D eigenvalue weighted by atomic mass is 9.91. The molecule has 1 fully saturated rings. The molecule has 1 saturated heterocycles. The number of carbonyl (C=O) groups is 1. The first kappa shape index (κ1) is 18.2. The van der Waals surface area contributed by atoms with Crippen LogP contribution in [0.3, 0.4) is 0 Å². The fourth-order valence-electron chi connectivity index (χ4n) is 2.79. The van der Waals surface area contributed by atoms with Gasteiger partial charge in [-0.1, -0.05) is 6.92 Å². The maximum atomic E-state index is 11.9. The Bertz CT molecular complexity index is 328. The molecule has 5 heteroatoms. The van der Waals surface area contributed by atoms with Gasteiger partial charge < -0.3 is 20.6 Å². The van der Waals surface area contributed by atoms with Crippen LogP contribution in [0.4, 0.5) is 4.79 Å². The number of aliphatic hydroxyl groups is 1. The zero-order valence-corrected chi connectivity index (χ0v) is 14.3. The molecular weight excluding hydrogens is 266 g/mol. The molecule has 1 rings (SSSR count). The quantitative estimate of drug-likeness (QED) is 0.727. The van der Waals surface area contributed by atoms with E-state index in [2.05, 4.69) is 22.5 Å². The van der Waals surface area contributed by atoms with E-state index in [1.54, 1.807) is 0 Å². The molecule has 1 aliphatic rings. The minimum atomic E-state index is -0.240. The van der Waals surface area contributed by atoms with Crippen LogP contribution in [0, 0.1) is 5.92 Å². The third-order valence-corrected chi connectivity index (χ3v) is 4.04. The van der Waals surface area contributed by atoms with Crippen molar-refractivity contribution < 1.29 is 9.90 Å². The van der Waals surface area contributed by atoms with E-state index in [4.69, 9.17) is 0 Å². The van der Waals surface area contributed by atoms with Crippen molar-refractivity contribution in [2.45, 2.75) is 71.6 Å². The van der Waals surface area contributed by atoms with E-state index < -0.39 is 0 Å². The van der Waals surface area contributed by atoms with Crippen LogP contribution in [0.25, 0.3) is 0 Å². The second-order valence-corrected chi connectivity index (χ2v) is 7.36. The highest BCUT2D eigenvalue weighted by molar-refractivity contribution is 5.74. The molecule has 3 N–H and O–H groups in total. The van der Waals surface area contributed by atoms with Gasteiger partial charge in [0.25, 0.3) is 0 Å². The second kappa shape index (κ2) is 7.99. The molecule has 0 aromatic rings. The van der Waals surface area contributed by atoms with Crippen LogP contribution < -0.4 is 10.6 Å². The maximum Gasteiger partial charge on any atom is 0.315 e. The van der Waals surface area contributed by atoms with Gasteiger partial charge in [-0.2, -0.15) is 0 Å². The standard InChI is InChI=1S/C16H33N3O2/c1-6-14(20)11-19-9-7-8-13(10-19)12(2)17-15(21)18-16(3,4)5/h12-14,20H,6-11H2,1-5H3,(H2,17,18,21)/t12-,13+,14+/m0/s1. The monoisotopic (exact) mass is 299 g/mol. The number of hydrogen-bond acceptors (Lipinski definition) is 3. The molecule has 0 unspecified atom stereocenters. The molecule has 1 aliphatic heterocycles. The van der Waals surface area contributed by atoms with E-state index in [9.17, 15) is 9.90 Å². The number of nitrogens with zero attached hydrogens (tertiary/aromatic N) is 1. The van der Waals surface area contributed by atoms with Crippen LogP contribution in [0.2, 0.25) is 0 Å². The van der Waals surface area contributed by atoms with Crippen LogP contribution in [0.5, 0.6) is 0 Å². The smallest absolute Gasteiger partial charge is 0.315 e. The third kappa shape index (κ3) is 7.14. The van der Waals surface area contributed by atoms with Crippen LogP contribution in [-0.2, 0) is 0 Å². The first-order valence-electron chi connectivity index (χ1n) is 8.20. The fourth-order valence-corrected chi connectivity index (χ4v) is 2.79. The summed E-state index contributed by atoms with van der Waals surface area (Å²) in [5.41, 5.74) is -0.215. The first-order valence-corrected chi connectivity index (χ1v) is 8.20. The highest BCUT2D eigenvalue weighted by Crippen LogP contribution is 2.20. The number of piperidine rings is 1. The molecule has 3 atom stereocenters. The molecule has 1 heterocycles. The van der Waals surface area contributed by atoms with Crippen LogP contribution >= 0.6 is 0 Å². The molecule has 0 saturated carbocycles. The minimum Gasteiger partial charge on any atom is -0.392 e. The number of nitrogens with one attached hydrogen (secondary N) is 2. The molecular formula is C16H33N3O2. The SMILES string of the molecule is CC[C@@H](O)CN1CCC[C@@H]([C@H](C)NC(=O)NC(C)(C)C)C1. The van der Waals surface area contributed by atoms with Crippen molar-refractivity contribution in [2.75, 3.05) is 19.6 Å². The lowest BCUT2D eigenvalue weighted by molar-refractivity contribution is 0.0757. The topological polar surface area (TPSA) is 64.6 Å². The van der Waals surface area contributed by atoms with E-state index in [1.807, 2.05) is 27.7 Å². The lowest BCUT2D eigenvalue weighted by Crippen LogP contribution is -2.53. The molecule has 124 valence electrons. The number of carbonyl (C=O) groups excluding carboxylic acids is 1. The Balaban J connectivity index is 2.43. The van der Waals surface area contributed by atoms with Crippen molar-refractivity contribution in [3.05, 3.63) is 0 Å². The summed E-state index contributed by atoms with van der Waals surface area (Å²) in [5.74, 6) is 0.452. The van der Waals surface area contributed by atoms with E-state index in [-0.39, 0.29) is 23.7 Å². The Morgan fingerprint density at radius 1 is 1.43 bits per heavy atom. The summed E-state index contributed by atoms with van der Waals surface area (Å²) in [7, 11) is 0. The van der Waals surface area contributed by atoms with Gasteiger partial charge in [-0.25, -0.2) is 4.79 Å². The molecule has 21 heavy (non-hydrogen) atoms. The van der Waals surface area contributed by atoms with E-state index in [1.165, 1.54) is 0 Å². The normalized spacial score (nSPS) is 23.4. The Hall–Kier alpha value is -0.810. The predicted molar refractivity (Wildman–Crippen MR) is 86.3 cm³/mol. The number of rotatable bonds is 5. The molecule has 0 aliphatic carbocycles. The minimum absolute atomic E-state index is 0.0966. The molecule has 0 aromatic heterocycles. The average Bonchev–Trinajstić information content (AvgIpc) is 2.36. The summed E-state index contributed by atoms with van der Waals surface area (Å²) in [4.78, 5) is 14.3. The fraction of sp³-hybridized carbons (Fsp3) is 0.938. The van der Waals surface area contributed by atoms with Crippen molar-refractivity contribution in [2.24, 2.45) is 5.92 Å². The molecule has 0 spiro atoms. The average molecular weight is 299 g/mol. The van der Waals surface area contributed by atoms with E-state index in [0.29, 0.717) is 5.92 Å². The Morgan fingerprint density at radius 2 is 2.10 bits per heavy atom. The van der Waals surface area contributed by atoms with Crippen molar-refractivity contribution >= 4 is 6.03 Å². The van der Waals surface area contributed by atoms with Crippen molar-refractivity contribution in [1.29, 1.82) is 0 Å². The summed E-state index contributed by atoms with van der Waals surface area (Å²) >= 11 is 0. The van der Waals surface area contributed by atoms with E-state index in [0.717, 1.165) is 38.9 Å². The first-order chi connectivity index (χ1) is 9.71. The zero-order chi connectivity index (χ0) is 16.0. The van der Waals surface area contributed by atoms with Gasteiger partial charge in [0.05, 0.1) is 6.10 Å². The Labute approximate surface area is 129 Å². The van der Waals surface area contributed by atoms with Gasteiger partial charge in [-0.3, -0.25) is 0 Å². The number of likely N-dealkylation sites (tertiary alicyclic amines) is 1. The van der Waals surface area contributed by atoms with Crippen molar-refractivity contribution in [3.63, 3.8) is 0 Å². The van der Waals surface area contributed by atoms with Gasteiger partial charge in [0.2, 0.25) is 0 Å². The van der Waals surface area contributed by atoms with Gasteiger partial charge in [-0.15, -0.1) is 0 Å². The Morgan fingerprint density at radius 3 is 2.67 bits per heavy atom.